The quantitative estimate of drug-likeness (QED) is 0.868. The predicted molar refractivity (Wildman–Crippen MR) is 83.8 cm³/mol. The fourth-order valence-electron chi connectivity index (χ4n) is 3.51. The van der Waals surface area contributed by atoms with E-state index in [4.69, 9.17) is 0 Å². The van der Waals surface area contributed by atoms with Crippen LogP contribution in [0.25, 0.3) is 0 Å². The molecule has 2 heterocycles. The summed E-state index contributed by atoms with van der Waals surface area (Å²) in [7, 11) is 2.06. The van der Waals surface area contributed by atoms with Crippen LogP contribution in [-0.4, -0.2) is 40.9 Å². The van der Waals surface area contributed by atoms with Crippen molar-refractivity contribution in [3.8, 4) is 0 Å². The van der Waals surface area contributed by atoms with Gasteiger partial charge in [0.05, 0.1) is 6.20 Å². The zero-order valence-electron chi connectivity index (χ0n) is 13.5. The van der Waals surface area contributed by atoms with Gasteiger partial charge in [-0.2, -0.15) is 5.10 Å². The number of rotatable bonds is 6. The Balaban J connectivity index is 2.23. The first-order valence-electron chi connectivity index (χ1n) is 8.10. The summed E-state index contributed by atoms with van der Waals surface area (Å²) in [4.78, 5) is 2.65. The van der Waals surface area contributed by atoms with Gasteiger partial charge < -0.3 is 5.32 Å². The molecule has 2 rings (SSSR count). The summed E-state index contributed by atoms with van der Waals surface area (Å²) in [5.41, 5.74) is 1.40. The lowest BCUT2D eigenvalue weighted by Gasteiger charge is -2.43. The summed E-state index contributed by atoms with van der Waals surface area (Å²) in [5, 5.41) is 7.91. The van der Waals surface area contributed by atoms with Crippen LogP contribution in [0.2, 0.25) is 0 Å². The molecule has 1 fully saturated rings. The van der Waals surface area contributed by atoms with Gasteiger partial charge in [-0.1, -0.05) is 6.92 Å². The molecule has 1 N–H and O–H groups in total. The van der Waals surface area contributed by atoms with Gasteiger partial charge in [0.2, 0.25) is 0 Å². The predicted octanol–water partition coefficient (Wildman–Crippen LogP) is 2.67. The van der Waals surface area contributed by atoms with Crippen molar-refractivity contribution in [2.75, 3.05) is 20.1 Å². The Bertz CT molecular complexity index is 397. The first-order valence-corrected chi connectivity index (χ1v) is 8.10. The van der Waals surface area contributed by atoms with Gasteiger partial charge in [-0.25, -0.2) is 0 Å². The van der Waals surface area contributed by atoms with Crippen LogP contribution in [-0.2, 0) is 6.54 Å². The lowest BCUT2D eigenvalue weighted by molar-refractivity contribution is 0.0635. The molecule has 1 aliphatic rings. The Morgan fingerprint density at radius 3 is 2.90 bits per heavy atom. The molecule has 0 bridgehead atoms. The highest BCUT2D eigenvalue weighted by molar-refractivity contribution is 5.14. The Hall–Kier alpha value is -0.870. The molecule has 114 valence electrons. The average Bonchev–Trinajstić information content (AvgIpc) is 2.87. The monoisotopic (exact) mass is 278 g/mol. The zero-order valence-corrected chi connectivity index (χ0v) is 13.5. The van der Waals surface area contributed by atoms with Crippen LogP contribution < -0.4 is 5.32 Å². The average molecular weight is 278 g/mol. The van der Waals surface area contributed by atoms with Crippen molar-refractivity contribution in [2.24, 2.45) is 5.92 Å². The normalized spacial score (nSPS) is 24.4. The molecule has 1 aromatic rings. The van der Waals surface area contributed by atoms with E-state index in [1.165, 1.54) is 24.9 Å². The number of aromatic nitrogens is 2. The van der Waals surface area contributed by atoms with Crippen molar-refractivity contribution in [3.05, 3.63) is 18.0 Å². The highest BCUT2D eigenvalue weighted by atomic mass is 15.3. The van der Waals surface area contributed by atoms with Gasteiger partial charge >= 0.3 is 0 Å². The van der Waals surface area contributed by atoms with E-state index >= 15 is 0 Å². The van der Waals surface area contributed by atoms with Crippen LogP contribution in [0.4, 0.5) is 0 Å². The van der Waals surface area contributed by atoms with Gasteiger partial charge in [-0.05, 0) is 59.2 Å². The number of hydrogen-bond donors (Lipinski definition) is 1. The SMILES string of the molecule is CCCn1cc(C2C(CNC)CCCN2C(C)C)cn1. The Labute approximate surface area is 123 Å². The smallest absolute Gasteiger partial charge is 0.0537 e. The summed E-state index contributed by atoms with van der Waals surface area (Å²) in [5.74, 6) is 0.690. The highest BCUT2D eigenvalue weighted by Crippen LogP contribution is 2.36. The minimum absolute atomic E-state index is 0.516. The molecule has 0 radical (unpaired) electrons. The molecule has 0 amide bonds. The third kappa shape index (κ3) is 3.41. The Kier molecular flexibility index (Phi) is 5.61. The maximum atomic E-state index is 4.54. The number of likely N-dealkylation sites (tertiary alicyclic amines) is 1. The lowest BCUT2D eigenvalue weighted by Crippen LogP contribution is -2.45. The van der Waals surface area contributed by atoms with Crippen LogP contribution in [0, 0.1) is 5.92 Å². The number of piperidine rings is 1. The fourth-order valence-corrected chi connectivity index (χ4v) is 3.51. The summed E-state index contributed by atoms with van der Waals surface area (Å²) < 4.78 is 2.10. The van der Waals surface area contributed by atoms with E-state index in [0.717, 1.165) is 19.5 Å². The lowest BCUT2D eigenvalue weighted by atomic mass is 9.85. The van der Waals surface area contributed by atoms with Gasteiger partial charge in [0, 0.05) is 30.4 Å². The van der Waals surface area contributed by atoms with E-state index in [1.807, 2.05) is 0 Å². The molecule has 20 heavy (non-hydrogen) atoms. The van der Waals surface area contributed by atoms with E-state index in [2.05, 4.69) is 60.2 Å². The molecular weight excluding hydrogens is 248 g/mol. The molecular formula is C16H30N4. The largest absolute Gasteiger partial charge is 0.319 e. The van der Waals surface area contributed by atoms with Gasteiger partial charge in [0.25, 0.3) is 0 Å². The van der Waals surface area contributed by atoms with E-state index in [0.29, 0.717) is 18.0 Å². The maximum Gasteiger partial charge on any atom is 0.0537 e. The first kappa shape index (κ1) is 15.5. The Morgan fingerprint density at radius 2 is 2.25 bits per heavy atom. The van der Waals surface area contributed by atoms with Crippen LogP contribution in [0.1, 0.15) is 51.6 Å². The Morgan fingerprint density at radius 1 is 1.45 bits per heavy atom. The minimum Gasteiger partial charge on any atom is -0.319 e. The fraction of sp³-hybridized carbons (Fsp3) is 0.812. The molecule has 0 saturated carbocycles. The van der Waals surface area contributed by atoms with Gasteiger partial charge in [0.1, 0.15) is 0 Å². The molecule has 2 atom stereocenters. The summed E-state index contributed by atoms with van der Waals surface area (Å²) in [6, 6.07) is 1.11. The van der Waals surface area contributed by atoms with Gasteiger partial charge in [-0.3, -0.25) is 9.58 Å². The van der Waals surface area contributed by atoms with Crippen molar-refractivity contribution >= 4 is 0 Å². The van der Waals surface area contributed by atoms with Crippen molar-refractivity contribution in [3.63, 3.8) is 0 Å². The molecule has 2 unspecified atom stereocenters. The van der Waals surface area contributed by atoms with Crippen LogP contribution in [0.3, 0.4) is 0 Å². The minimum atomic E-state index is 0.516. The van der Waals surface area contributed by atoms with Gasteiger partial charge in [-0.15, -0.1) is 0 Å². The second-order valence-corrected chi connectivity index (χ2v) is 6.27. The van der Waals surface area contributed by atoms with Crippen LogP contribution >= 0.6 is 0 Å². The molecule has 0 aliphatic carbocycles. The van der Waals surface area contributed by atoms with Crippen molar-refractivity contribution < 1.29 is 0 Å². The molecule has 4 heteroatoms. The summed E-state index contributed by atoms with van der Waals surface area (Å²) in [6.45, 7) is 10.1. The number of aryl methyl sites for hydroxylation is 1. The second-order valence-electron chi connectivity index (χ2n) is 6.27. The topological polar surface area (TPSA) is 33.1 Å². The number of nitrogens with zero attached hydrogens (tertiary/aromatic N) is 3. The standard InChI is InChI=1S/C16H30N4/c1-5-8-19-12-15(11-18-19)16-14(10-17-4)7-6-9-20(16)13(2)3/h11-14,16-17H,5-10H2,1-4H3. The maximum absolute atomic E-state index is 4.54. The van der Waals surface area contributed by atoms with Gasteiger partial charge in [0.15, 0.2) is 0 Å². The molecule has 1 saturated heterocycles. The third-order valence-corrected chi connectivity index (χ3v) is 4.37. The van der Waals surface area contributed by atoms with E-state index in [-0.39, 0.29) is 0 Å². The molecule has 0 spiro atoms. The first-order chi connectivity index (χ1) is 9.67. The highest BCUT2D eigenvalue weighted by Gasteiger charge is 2.34. The van der Waals surface area contributed by atoms with Crippen molar-refractivity contribution in [1.82, 2.24) is 20.0 Å². The second kappa shape index (κ2) is 7.23. The van der Waals surface area contributed by atoms with Crippen molar-refractivity contribution in [2.45, 2.75) is 58.7 Å². The van der Waals surface area contributed by atoms with Crippen LogP contribution in [0.15, 0.2) is 12.4 Å². The van der Waals surface area contributed by atoms with Crippen molar-refractivity contribution in [1.29, 1.82) is 0 Å². The third-order valence-electron chi connectivity index (χ3n) is 4.37. The summed E-state index contributed by atoms with van der Waals surface area (Å²) >= 11 is 0. The van der Waals surface area contributed by atoms with E-state index in [1.54, 1.807) is 0 Å². The van der Waals surface area contributed by atoms with E-state index in [9.17, 15) is 0 Å². The number of nitrogens with one attached hydrogen (secondary N) is 1. The molecule has 4 nitrogen and oxygen atoms in total. The molecule has 1 aromatic heterocycles. The number of hydrogen-bond acceptors (Lipinski definition) is 3. The molecule has 1 aliphatic heterocycles. The molecule has 0 aromatic carbocycles. The van der Waals surface area contributed by atoms with E-state index < -0.39 is 0 Å². The van der Waals surface area contributed by atoms with Crippen LogP contribution in [0.5, 0.6) is 0 Å². The summed E-state index contributed by atoms with van der Waals surface area (Å²) in [6.07, 6.45) is 8.11. The zero-order chi connectivity index (χ0) is 14.5.